The van der Waals surface area contributed by atoms with Crippen LogP contribution in [0.15, 0.2) is 10.9 Å². The zero-order valence-corrected chi connectivity index (χ0v) is 12.0. The summed E-state index contributed by atoms with van der Waals surface area (Å²) in [5.74, 6) is 1.74. The van der Waals surface area contributed by atoms with Crippen LogP contribution in [0, 0.1) is 0 Å². The van der Waals surface area contributed by atoms with Gasteiger partial charge in [0.05, 0.1) is 11.2 Å². The van der Waals surface area contributed by atoms with Gasteiger partial charge in [0.2, 0.25) is 17.8 Å². The Morgan fingerprint density at radius 1 is 1.21 bits per heavy atom. The van der Waals surface area contributed by atoms with Crippen LogP contribution >= 0.6 is 11.3 Å². The first-order chi connectivity index (χ1) is 9.19. The van der Waals surface area contributed by atoms with Gasteiger partial charge in [0, 0.05) is 39.5 Å². The summed E-state index contributed by atoms with van der Waals surface area (Å²) in [6.07, 6.45) is 0.849. The lowest BCUT2D eigenvalue weighted by Crippen LogP contribution is -2.17. The highest BCUT2D eigenvalue weighted by Crippen LogP contribution is 2.11. The average molecular weight is 279 g/mol. The van der Waals surface area contributed by atoms with Gasteiger partial charge < -0.3 is 15.5 Å². The second-order valence-corrected chi connectivity index (χ2v) is 4.80. The van der Waals surface area contributed by atoms with Crippen molar-refractivity contribution >= 4 is 29.2 Å². The van der Waals surface area contributed by atoms with Crippen molar-refractivity contribution in [1.82, 2.24) is 19.9 Å². The Morgan fingerprint density at radius 3 is 2.63 bits per heavy atom. The van der Waals surface area contributed by atoms with Gasteiger partial charge >= 0.3 is 0 Å². The lowest BCUT2D eigenvalue weighted by atomic mass is 10.3. The number of aromatic nitrogens is 4. The molecule has 0 saturated carbocycles. The van der Waals surface area contributed by atoms with Crippen molar-refractivity contribution in [2.45, 2.75) is 6.42 Å². The van der Waals surface area contributed by atoms with Crippen LogP contribution in [-0.2, 0) is 6.42 Å². The molecule has 2 heterocycles. The van der Waals surface area contributed by atoms with E-state index in [4.69, 9.17) is 0 Å². The van der Waals surface area contributed by atoms with Gasteiger partial charge in [-0.2, -0.15) is 15.0 Å². The second kappa shape index (κ2) is 6.28. The number of nitrogens with one attached hydrogen (secondary N) is 2. The van der Waals surface area contributed by atoms with E-state index in [2.05, 4.69) is 30.6 Å². The van der Waals surface area contributed by atoms with E-state index >= 15 is 0 Å². The fraction of sp³-hybridized carbons (Fsp3) is 0.455. The first-order valence-electron chi connectivity index (χ1n) is 5.91. The third-order valence-electron chi connectivity index (χ3n) is 2.39. The zero-order valence-electron chi connectivity index (χ0n) is 11.2. The van der Waals surface area contributed by atoms with Crippen molar-refractivity contribution in [3.8, 4) is 0 Å². The summed E-state index contributed by atoms with van der Waals surface area (Å²) in [5.41, 5.74) is 2.91. The van der Waals surface area contributed by atoms with E-state index in [-0.39, 0.29) is 0 Å². The topological polar surface area (TPSA) is 78.9 Å². The first kappa shape index (κ1) is 13.5. The summed E-state index contributed by atoms with van der Waals surface area (Å²) in [7, 11) is 5.58. The zero-order chi connectivity index (χ0) is 13.7. The summed E-state index contributed by atoms with van der Waals surface area (Å²) in [5, 5.41) is 8.16. The molecule has 0 aliphatic carbocycles. The van der Waals surface area contributed by atoms with E-state index in [1.54, 1.807) is 18.4 Å². The van der Waals surface area contributed by atoms with Gasteiger partial charge in [-0.05, 0) is 0 Å². The molecule has 0 saturated heterocycles. The number of nitrogens with zero attached hydrogens (tertiary/aromatic N) is 5. The highest BCUT2D eigenvalue weighted by Gasteiger charge is 2.06. The van der Waals surface area contributed by atoms with Crippen molar-refractivity contribution in [3.63, 3.8) is 0 Å². The SMILES string of the molecule is CNc1nc(NCCc2cscn2)nc(N(C)C)n1. The summed E-state index contributed by atoms with van der Waals surface area (Å²) >= 11 is 1.60. The normalized spacial score (nSPS) is 10.3. The van der Waals surface area contributed by atoms with E-state index in [0.29, 0.717) is 17.8 Å². The maximum absolute atomic E-state index is 4.33. The Morgan fingerprint density at radius 2 is 2.00 bits per heavy atom. The van der Waals surface area contributed by atoms with Gasteiger partial charge in [-0.15, -0.1) is 11.3 Å². The van der Waals surface area contributed by atoms with Crippen LogP contribution in [0.1, 0.15) is 5.69 Å². The largest absolute Gasteiger partial charge is 0.357 e. The van der Waals surface area contributed by atoms with Crippen LogP contribution in [-0.4, -0.2) is 47.6 Å². The second-order valence-electron chi connectivity index (χ2n) is 4.08. The molecule has 0 unspecified atom stereocenters. The number of hydrogen-bond donors (Lipinski definition) is 2. The average Bonchev–Trinajstić information content (AvgIpc) is 2.91. The predicted molar refractivity (Wildman–Crippen MR) is 78.0 cm³/mol. The van der Waals surface area contributed by atoms with Crippen molar-refractivity contribution < 1.29 is 0 Å². The third kappa shape index (κ3) is 3.75. The van der Waals surface area contributed by atoms with Gasteiger partial charge in [0.25, 0.3) is 0 Å². The van der Waals surface area contributed by atoms with Crippen LogP contribution in [0.3, 0.4) is 0 Å². The standard InChI is InChI=1S/C11H17N7S/c1-12-9-15-10(17-11(16-9)18(2)3)13-5-4-8-6-19-7-14-8/h6-7H,4-5H2,1-3H3,(H2,12,13,15,16,17). The predicted octanol–water partition coefficient (Wildman–Crippen LogP) is 1.09. The summed E-state index contributed by atoms with van der Waals surface area (Å²) < 4.78 is 0. The molecule has 19 heavy (non-hydrogen) atoms. The Bertz CT molecular complexity index is 512. The molecule has 8 heteroatoms. The lowest BCUT2D eigenvalue weighted by molar-refractivity contribution is 0.920. The third-order valence-corrected chi connectivity index (χ3v) is 3.03. The van der Waals surface area contributed by atoms with Gasteiger partial charge in [0.15, 0.2) is 0 Å². The molecular weight excluding hydrogens is 262 g/mol. The molecule has 0 spiro atoms. The Hall–Kier alpha value is -1.96. The van der Waals surface area contributed by atoms with Gasteiger partial charge in [-0.25, -0.2) is 4.98 Å². The number of rotatable bonds is 6. The molecular formula is C11H17N7S. The van der Waals surface area contributed by atoms with E-state index in [9.17, 15) is 0 Å². The fourth-order valence-corrected chi connectivity index (χ4v) is 2.01. The Labute approximate surface area is 116 Å². The molecule has 0 bridgehead atoms. The first-order valence-corrected chi connectivity index (χ1v) is 6.85. The number of thiazole rings is 1. The van der Waals surface area contributed by atoms with Crippen LogP contribution in [0.25, 0.3) is 0 Å². The quantitative estimate of drug-likeness (QED) is 0.819. The lowest BCUT2D eigenvalue weighted by Gasteiger charge is -2.13. The van der Waals surface area contributed by atoms with Crippen LogP contribution < -0.4 is 15.5 Å². The number of anilines is 3. The van der Waals surface area contributed by atoms with Crippen molar-refractivity contribution in [2.75, 3.05) is 43.2 Å². The minimum Gasteiger partial charge on any atom is -0.357 e. The monoisotopic (exact) mass is 279 g/mol. The molecule has 0 amide bonds. The van der Waals surface area contributed by atoms with E-state index < -0.39 is 0 Å². The van der Waals surface area contributed by atoms with Gasteiger partial charge in [-0.1, -0.05) is 0 Å². The minimum absolute atomic E-state index is 0.551. The molecule has 2 N–H and O–H groups in total. The summed E-state index contributed by atoms with van der Waals surface area (Å²) in [6.45, 7) is 0.740. The molecule has 0 aliphatic rings. The summed E-state index contributed by atoms with van der Waals surface area (Å²) in [6, 6.07) is 0. The van der Waals surface area contributed by atoms with Crippen LogP contribution in [0.4, 0.5) is 17.8 Å². The molecule has 2 aromatic heterocycles. The number of hydrogen-bond acceptors (Lipinski definition) is 8. The van der Waals surface area contributed by atoms with Crippen LogP contribution in [0.5, 0.6) is 0 Å². The van der Waals surface area contributed by atoms with Crippen molar-refractivity contribution in [3.05, 3.63) is 16.6 Å². The highest BCUT2D eigenvalue weighted by atomic mass is 32.1. The van der Waals surface area contributed by atoms with Crippen LogP contribution in [0.2, 0.25) is 0 Å². The molecule has 0 atom stereocenters. The Balaban J connectivity index is 2.00. The molecule has 0 aromatic carbocycles. The van der Waals surface area contributed by atoms with E-state index in [1.807, 2.05) is 29.9 Å². The van der Waals surface area contributed by atoms with Crippen molar-refractivity contribution in [2.24, 2.45) is 0 Å². The molecule has 0 aliphatic heterocycles. The smallest absolute Gasteiger partial charge is 0.231 e. The minimum atomic E-state index is 0.551. The highest BCUT2D eigenvalue weighted by molar-refractivity contribution is 7.07. The maximum Gasteiger partial charge on any atom is 0.231 e. The molecule has 2 rings (SSSR count). The van der Waals surface area contributed by atoms with E-state index in [1.165, 1.54) is 0 Å². The Kier molecular flexibility index (Phi) is 4.45. The van der Waals surface area contributed by atoms with Gasteiger partial charge in [-0.3, -0.25) is 0 Å². The van der Waals surface area contributed by atoms with Crippen molar-refractivity contribution in [1.29, 1.82) is 0 Å². The fourth-order valence-electron chi connectivity index (χ4n) is 1.42. The molecule has 2 aromatic rings. The summed E-state index contributed by atoms with van der Waals surface area (Å²) in [4.78, 5) is 18.9. The molecule has 102 valence electrons. The maximum atomic E-state index is 4.33. The van der Waals surface area contributed by atoms with Gasteiger partial charge in [0.1, 0.15) is 0 Å². The molecule has 0 radical (unpaired) electrons. The molecule has 7 nitrogen and oxygen atoms in total. The molecule has 0 fully saturated rings. The van der Waals surface area contributed by atoms with E-state index in [0.717, 1.165) is 18.7 Å².